The third kappa shape index (κ3) is 6.65. The summed E-state index contributed by atoms with van der Waals surface area (Å²) in [6.07, 6.45) is 5.68. The van der Waals surface area contributed by atoms with Gasteiger partial charge in [0, 0.05) is 25.0 Å². The van der Waals surface area contributed by atoms with Crippen molar-refractivity contribution < 1.29 is 8.95 Å². The standard InChI is InChI=1S/C27H38ClN7O2S/c1-16(2)37-24-12-20(19-9-8-10-34(6)14-19)18(5)11-22(24)31-27-29-13-21(28)25(32-27)30-23-15-35(7)33-26(23)38(36)17(3)4/h11-13,15-17,19H,8-10,14H2,1-7H3,(H2,29,30,31,32). The smallest absolute Gasteiger partial charge is 0.229 e. The molecule has 1 aliphatic rings. The fourth-order valence-corrected chi connectivity index (χ4v) is 5.82. The van der Waals surface area contributed by atoms with Gasteiger partial charge in [0.15, 0.2) is 10.8 Å². The summed E-state index contributed by atoms with van der Waals surface area (Å²) in [7, 11) is 2.69. The second kappa shape index (κ2) is 12.0. The van der Waals surface area contributed by atoms with Crippen LogP contribution in [-0.4, -0.2) is 60.3 Å². The number of nitrogens with zero attached hydrogens (tertiary/aromatic N) is 5. The van der Waals surface area contributed by atoms with E-state index in [1.54, 1.807) is 17.9 Å². The minimum absolute atomic E-state index is 0.00864. The predicted molar refractivity (Wildman–Crippen MR) is 155 cm³/mol. The van der Waals surface area contributed by atoms with E-state index in [-0.39, 0.29) is 11.4 Å². The molecule has 9 nitrogen and oxygen atoms in total. The summed E-state index contributed by atoms with van der Waals surface area (Å²) in [5, 5.41) is 11.6. The molecule has 2 unspecified atom stereocenters. The molecule has 1 aromatic carbocycles. The van der Waals surface area contributed by atoms with E-state index in [0.717, 1.165) is 24.5 Å². The maximum absolute atomic E-state index is 12.8. The molecule has 0 radical (unpaired) electrons. The van der Waals surface area contributed by atoms with E-state index in [1.165, 1.54) is 30.2 Å². The van der Waals surface area contributed by atoms with Gasteiger partial charge in [-0.25, -0.2) is 4.98 Å². The molecule has 11 heteroatoms. The van der Waals surface area contributed by atoms with Crippen molar-refractivity contribution in [2.45, 2.75) is 69.8 Å². The quantitative estimate of drug-likeness (QED) is 0.341. The van der Waals surface area contributed by atoms with E-state index in [4.69, 9.17) is 16.3 Å². The molecule has 1 aliphatic heterocycles. The lowest BCUT2D eigenvalue weighted by atomic mass is 9.87. The minimum atomic E-state index is -1.28. The van der Waals surface area contributed by atoms with Gasteiger partial charge in [-0.05, 0) is 76.4 Å². The molecule has 0 saturated carbocycles. The second-order valence-corrected chi connectivity index (χ2v) is 12.8. The number of ether oxygens (including phenoxy) is 1. The summed E-state index contributed by atoms with van der Waals surface area (Å²) < 4.78 is 20.6. The Balaban J connectivity index is 1.64. The molecule has 1 fully saturated rings. The number of benzene rings is 1. The van der Waals surface area contributed by atoms with E-state index in [2.05, 4.69) is 56.7 Å². The maximum Gasteiger partial charge on any atom is 0.229 e. The Morgan fingerprint density at radius 1 is 1.16 bits per heavy atom. The van der Waals surface area contributed by atoms with Crippen LogP contribution < -0.4 is 15.4 Å². The molecule has 38 heavy (non-hydrogen) atoms. The molecule has 3 aromatic rings. The number of aryl methyl sites for hydroxylation is 2. The molecule has 2 aromatic heterocycles. The Hall–Kier alpha value is -2.69. The van der Waals surface area contributed by atoms with Crippen LogP contribution in [-0.2, 0) is 17.8 Å². The molecule has 0 aliphatic carbocycles. The van der Waals surface area contributed by atoms with Gasteiger partial charge in [0.2, 0.25) is 5.95 Å². The van der Waals surface area contributed by atoms with E-state index >= 15 is 0 Å². The summed E-state index contributed by atoms with van der Waals surface area (Å²) in [5.74, 6) is 2.00. The first-order valence-corrected chi connectivity index (χ1v) is 14.6. The average Bonchev–Trinajstić information content (AvgIpc) is 3.21. The summed E-state index contributed by atoms with van der Waals surface area (Å²) in [6, 6.07) is 4.28. The number of nitrogens with one attached hydrogen (secondary N) is 2. The molecule has 0 amide bonds. The van der Waals surface area contributed by atoms with Crippen LogP contribution in [0.4, 0.5) is 23.1 Å². The van der Waals surface area contributed by atoms with Crippen LogP contribution >= 0.6 is 11.6 Å². The molecule has 0 spiro atoms. The molecular weight excluding hydrogens is 522 g/mol. The van der Waals surface area contributed by atoms with Crippen molar-refractivity contribution in [1.29, 1.82) is 0 Å². The molecule has 2 atom stereocenters. The van der Waals surface area contributed by atoms with Crippen LogP contribution in [0.2, 0.25) is 5.02 Å². The van der Waals surface area contributed by atoms with Crippen molar-refractivity contribution in [2.75, 3.05) is 30.8 Å². The van der Waals surface area contributed by atoms with Gasteiger partial charge in [0.05, 0.1) is 34.5 Å². The molecular formula is C27H38ClN7O2S. The predicted octanol–water partition coefficient (Wildman–Crippen LogP) is 5.77. The van der Waals surface area contributed by atoms with E-state index < -0.39 is 10.8 Å². The second-order valence-electron chi connectivity index (χ2n) is 10.5. The Kier molecular flexibility index (Phi) is 8.95. The van der Waals surface area contributed by atoms with E-state index in [1.807, 2.05) is 27.7 Å². The number of likely N-dealkylation sites (N-methyl/N-ethyl adjacent to an activating group) is 1. The topological polar surface area (TPSA) is 97.2 Å². The van der Waals surface area contributed by atoms with Crippen LogP contribution in [0.3, 0.4) is 0 Å². The zero-order valence-electron chi connectivity index (χ0n) is 23.2. The first-order chi connectivity index (χ1) is 18.0. The highest BCUT2D eigenvalue weighted by molar-refractivity contribution is 7.85. The van der Waals surface area contributed by atoms with E-state index in [0.29, 0.717) is 33.4 Å². The highest BCUT2D eigenvalue weighted by atomic mass is 35.5. The lowest BCUT2D eigenvalue weighted by Gasteiger charge is -2.31. The van der Waals surface area contributed by atoms with Crippen LogP contribution in [0, 0.1) is 6.92 Å². The van der Waals surface area contributed by atoms with Gasteiger partial charge in [-0.3, -0.25) is 8.89 Å². The zero-order valence-corrected chi connectivity index (χ0v) is 24.8. The summed E-state index contributed by atoms with van der Waals surface area (Å²) >= 11 is 6.45. The molecule has 4 rings (SSSR count). The Labute approximate surface area is 232 Å². The normalized spacial score (nSPS) is 17.2. The van der Waals surface area contributed by atoms with E-state index in [9.17, 15) is 4.21 Å². The van der Waals surface area contributed by atoms with Crippen LogP contribution in [0.15, 0.2) is 29.6 Å². The highest BCUT2D eigenvalue weighted by Gasteiger charge is 2.23. The largest absolute Gasteiger partial charge is 0.489 e. The first-order valence-electron chi connectivity index (χ1n) is 13.0. The molecule has 1 saturated heterocycles. The first kappa shape index (κ1) is 28.3. The Morgan fingerprint density at radius 3 is 2.61 bits per heavy atom. The minimum Gasteiger partial charge on any atom is -0.489 e. The van der Waals surface area contributed by atoms with Gasteiger partial charge in [0.25, 0.3) is 0 Å². The summed E-state index contributed by atoms with van der Waals surface area (Å²) in [5.41, 5.74) is 3.90. The van der Waals surface area contributed by atoms with Crippen molar-refractivity contribution in [2.24, 2.45) is 7.05 Å². The van der Waals surface area contributed by atoms with Gasteiger partial charge in [-0.2, -0.15) is 10.1 Å². The van der Waals surface area contributed by atoms with Crippen molar-refractivity contribution in [3.63, 3.8) is 0 Å². The third-order valence-electron chi connectivity index (χ3n) is 6.45. The van der Waals surface area contributed by atoms with Gasteiger partial charge in [-0.15, -0.1) is 0 Å². The number of likely N-dealkylation sites (tertiary alicyclic amines) is 1. The van der Waals surface area contributed by atoms with Crippen molar-refractivity contribution in [1.82, 2.24) is 24.6 Å². The fourth-order valence-electron chi connectivity index (χ4n) is 4.70. The molecule has 206 valence electrons. The number of aromatic nitrogens is 4. The zero-order chi connectivity index (χ0) is 27.6. The number of anilines is 4. The maximum atomic E-state index is 12.8. The van der Waals surface area contributed by atoms with Crippen LogP contribution in [0.1, 0.15) is 57.6 Å². The number of hydrogen-bond acceptors (Lipinski definition) is 8. The number of halogens is 1. The number of piperidine rings is 1. The summed E-state index contributed by atoms with van der Waals surface area (Å²) in [4.78, 5) is 11.4. The average molecular weight is 560 g/mol. The van der Waals surface area contributed by atoms with Crippen LogP contribution in [0.5, 0.6) is 5.75 Å². The number of hydrogen-bond donors (Lipinski definition) is 2. The van der Waals surface area contributed by atoms with Crippen molar-refractivity contribution in [3.8, 4) is 5.75 Å². The van der Waals surface area contributed by atoms with Crippen LogP contribution in [0.25, 0.3) is 0 Å². The SMILES string of the molecule is Cc1cc(Nc2ncc(Cl)c(Nc3cn(C)nc3S(=O)C(C)C)n2)c(OC(C)C)cc1C1CCCN(C)C1. The lowest BCUT2D eigenvalue weighted by molar-refractivity contribution is 0.239. The number of rotatable bonds is 9. The van der Waals surface area contributed by atoms with Gasteiger partial charge >= 0.3 is 0 Å². The monoisotopic (exact) mass is 559 g/mol. The highest BCUT2D eigenvalue weighted by Crippen LogP contribution is 2.37. The Bertz CT molecular complexity index is 1310. The van der Waals surface area contributed by atoms with Gasteiger partial charge in [-0.1, -0.05) is 25.4 Å². The van der Waals surface area contributed by atoms with Gasteiger partial charge < -0.3 is 20.3 Å². The fraction of sp³-hybridized carbons (Fsp3) is 0.519. The summed E-state index contributed by atoms with van der Waals surface area (Å²) in [6.45, 7) is 12.2. The van der Waals surface area contributed by atoms with Crippen molar-refractivity contribution >= 4 is 45.5 Å². The third-order valence-corrected chi connectivity index (χ3v) is 8.27. The van der Waals surface area contributed by atoms with Gasteiger partial charge in [0.1, 0.15) is 10.8 Å². The Morgan fingerprint density at radius 2 is 1.92 bits per heavy atom. The van der Waals surface area contributed by atoms with Crippen molar-refractivity contribution in [3.05, 3.63) is 40.7 Å². The molecule has 0 bridgehead atoms. The molecule has 2 N–H and O–H groups in total. The molecule has 3 heterocycles. The lowest BCUT2D eigenvalue weighted by Crippen LogP contribution is -2.31.